The maximum absolute atomic E-state index is 13.5. The lowest BCUT2D eigenvalue weighted by atomic mass is 10.00. The van der Waals surface area contributed by atoms with Crippen LogP contribution >= 0.6 is 0 Å². The van der Waals surface area contributed by atoms with E-state index in [9.17, 15) is 28.3 Å². The van der Waals surface area contributed by atoms with Crippen molar-refractivity contribution >= 4 is 23.4 Å². The van der Waals surface area contributed by atoms with Crippen LogP contribution in [-0.2, 0) is 9.53 Å². The van der Waals surface area contributed by atoms with Crippen molar-refractivity contribution in [3.8, 4) is 22.6 Å². The monoisotopic (exact) mass is 677 g/mol. The van der Waals surface area contributed by atoms with Crippen molar-refractivity contribution in [2.75, 3.05) is 43.6 Å². The summed E-state index contributed by atoms with van der Waals surface area (Å²) in [7, 11) is 0. The highest BCUT2D eigenvalue weighted by molar-refractivity contribution is 6.07. The van der Waals surface area contributed by atoms with Gasteiger partial charge in [-0.05, 0) is 72.0 Å². The second-order valence-corrected chi connectivity index (χ2v) is 11.5. The van der Waals surface area contributed by atoms with E-state index in [1.807, 2.05) is 42.5 Å². The third-order valence-corrected chi connectivity index (χ3v) is 7.80. The van der Waals surface area contributed by atoms with Crippen molar-refractivity contribution in [3.05, 3.63) is 113 Å². The van der Waals surface area contributed by atoms with Crippen LogP contribution in [0.4, 0.5) is 24.5 Å². The molecule has 0 fully saturated rings. The van der Waals surface area contributed by atoms with Crippen molar-refractivity contribution in [1.82, 2.24) is 0 Å². The van der Waals surface area contributed by atoms with E-state index in [1.165, 1.54) is 42.6 Å². The van der Waals surface area contributed by atoms with Crippen LogP contribution in [-0.4, -0.2) is 50.2 Å². The summed E-state index contributed by atoms with van der Waals surface area (Å²) in [5.41, 5.74) is 4.00. The first-order valence-corrected chi connectivity index (χ1v) is 16.0. The molecule has 1 atom stereocenters. The normalized spacial score (nSPS) is 13.4. The first kappa shape index (κ1) is 35.2. The van der Waals surface area contributed by atoms with E-state index in [4.69, 9.17) is 14.2 Å². The van der Waals surface area contributed by atoms with Crippen molar-refractivity contribution in [1.29, 1.82) is 0 Å². The number of fused-ring (bicyclic) bond motifs is 1. The summed E-state index contributed by atoms with van der Waals surface area (Å²) in [6.07, 6.45) is -0.791. The lowest BCUT2D eigenvalue weighted by molar-refractivity contribution is -0.617. The Morgan fingerprint density at radius 3 is 2.55 bits per heavy atom. The minimum atomic E-state index is -4.66. The molecule has 2 heterocycles. The number of anilines is 2. The summed E-state index contributed by atoms with van der Waals surface area (Å²) < 4.78 is 56.0. The molecule has 1 amide bonds. The number of aliphatic hydroxyl groups excluding tert-OH is 1. The number of halogens is 3. The number of benzene rings is 3. The van der Waals surface area contributed by atoms with Crippen molar-refractivity contribution in [3.63, 3.8) is 0 Å². The zero-order valence-corrected chi connectivity index (χ0v) is 27.0. The Balaban J connectivity index is 1.31. The maximum Gasteiger partial charge on any atom is 0.422 e. The number of ether oxygens (including phenoxy) is 3. The van der Waals surface area contributed by atoms with Gasteiger partial charge < -0.3 is 35.2 Å². The molecule has 0 radical (unpaired) electrons. The number of alkyl halides is 3. The van der Waals surface area contributed by atoms with Crippen LogP contribution in [0.15, 0.2) is 90.6 Å². The summed E-state index contributed by atoms with van der Waals surface area (Å²) in [5, 5.41) is 29.2. The standard InChI is InChI=1S/C37H38F3N3O6/c1-2-3-18-47-19-20-48-30-11-7-25(8-12-30)26-9-14-32-28(21-26)22-27(15-16-41-32)36(45)42-29-10-13-31(34(23-29)49-24-37(38,39)40)35(44)33-6-4-5-17-43(33)46/h4-14,17,21-23,35,41,44H,2-3,15-16,18-20,24H2,1H3,(H,42,45). The van der Waals surface area contributed by atoms with Gasteiger partial charge in [-0.2, -0.15) is 17.9 Å². The second-order valence-electron chi connectivity index (χ2n) is 11.5. The molecule has 12 heteroatoms. The van der Waals surface area contributed by atoms with E-state index in [2.05, 4.69) is 17.6 Å². The maximum atomic E-state index is 13.5. The van der Waals surface area contributed by atoms with Gasteiger partial charge in [0.2, 0.25) is 5.69 Å². The molecule has 258 valence electrons. The van der Waals surface area contributed by atoms with E-state index < -0.39 is 24.8 Å². The minimum absolute atomic E-state index is 0.0617. The summed E-state index contributed by atoms with van der Waals surface area (Å²) in [6, 6.07) is 21.9. The molecule has 1 unspecified atom stereocenters. The van der Waals surface area contributed by atoms with E-state index in [-0.39, 0.29) is 22.7 Å². The van der Waals surface area contributed by atoms with Crippen LogP contribution in [0, 0.1) is 5.21 Å². The highest BCUT2D eigenvalue weighted by Crippen LogP contribution is 2.34. The Labute approximate surface area is 282 Å². The number of hydrogen-bond acceptors (Lipinski definition) is 7. The zero-order valence-electron chi connectivity index (χ0n) is 27.0. The number of aliphatic hydroxyl groups is 1. The third-order valence-electron chi connectivity index (χ3n) is 7.80. The number of hydrogen-bond donors (Lipinski definition) is 3. The van der Waals surface area contributed by atoms with Gasteiger partial charge in [-0.15, -0.1) is 0 Å². The molecule has 0 saturated heterocycles. The fourth-order valence-corrected chi connectivity index (χ4v) is 5.25. The molecule has 0 aliphatic carbocycles. The second kappa shape index (κ2) is 16.4. The number of pyridine rings is 1. The quantitative estimate of drug-likeness (QED) is 0.0745. The molecule has 1 aliphatic heterocycles. The first-order valence-electron chi connectivity index (χ1n) is 16.0. The number of aromatic nitrogens is 1. The van der Waals surface area contributed by atoms with Crippen LogP contribution in [0.25, 0.3) is 17.2 Å². The molecule has 1 aliphatic rings. The summed E-state index contributed by atoms with van der Waals surface area (Å²) >= 11 is 0. The smallest absolute Gasteiger partial charge is 0.422 e. The molecular formula is C37H38F3N3O6. The van der Waals surface area contributed by atoms with Gasteiger partial charge in [0.15, 0.2) is 18.9 Å². The molecule has 0 spiro atoms. The van der Waals surface area contributed by atoms with E-state index in [0.29, 0.717) is 36.5 Å². The molecule has 5 rings (SSSR count). The van der Waals surface area contributed by atoms with Crippen molar-refractivity contribution in [2.24, 2.45) is 0 Å². The van der Waals surface area contributed by atoms with Crippen LogP contribution in [0.3, 0.4) is 0 Å². The zero-order chi connectivity index (χ0) is 34.8. The van der Waals surface area contributed by atoms with E-state index in [1.54, 1.807) is 6.08 Å². The number of carbonyl (C=O) groups excluding carboxylic acids is 1. The number of rotatable bonds is 14. The topological polar surface area (TPSA) is 116 Å². The lowest BCUT2D eigenvalue weighted by Gasteiger charge is -2.18. The van der Waals surface area contributed by atoms with Crippen LogP contribution < -0.4 is 24.8 Å². The van der Waals surface area contributed by atoms with Crippen molar-refractivity contribution < 1.29 is 42.0 Å². The van der Waals surface area contributed by atoms with Gasteiger partial charge in [-0.25, -0.2) is 0 Å². The van der Waals surface area contributed by atoms with Crippen molar-refractivity contribution in [2.45, 2.75) is 38.5 Å². The largest absolute Gasteiger partial charge is 0.618 e. The van der Waals surface area contributed by atoms with Gasteiger partial charge >= 0.3 is 6.18 Å². The predicted molar refractivity (Wildman–Crippen MR) is 180 cm³/mol. The van der Waals surface area contributed by atoms with E-state index >= 15 is 0 Å². The Bertz CT molecular complexity index is 1760. The fraction of sp³-hybridized carbons (Fsp3) is 0.297. The average molecular weight is 678 g/mol. The van der Waals surface area contributed by atoms with Crippen LogP contribution in [0.5, 0.6) is 11.5 Å². The van der Waals surface area contributed by atoms with Gasteiger partial charge in [-0.3, -0.25) is 4.79 Å². The van der Waals surface area contributed by atoms with Gasteiger partial charge in [-0.1, -0.05) is 37.6 Å². The number of unbranched alkanes of at least 4 members (excludes halogenated alkanes) is 1. The molecular weight excluding hydrogens is 639 g/mol. The molecule has 1 aromatic heterocycles. The Morgan fingerprint density at radius 2 is 1.80 bits per heavy atom. The summed E-state index contributed by atoms with van der Waals surface area (Å²) in [6.45, 7) is 2.69. The molecule has 9 nitrogen and oxygen atoms in total. The molecule has 49 heavy (non-hydrogen) atoms. The fourth-order valence-electron chi connectivity index (χ4n) is 5.25. The first-order chi connectivity index (χ1) is 23.6. The third kappa shape index (κ3) is 9.74. The minimum Gasteiger partial charge on any atom is -0.618 e. The van der Waals surface area contributed by atoms with Gasteiger partial charge in [0, 0.05) is 53.9 Å². The van der Waals surface area contributed by atoms with Gasteiger partial charge in [0.25, 0.3) is 5.91 Å². The summed E-state index contributed by atoms with van der Waals surface area (Å²) in [5.74, 6) is -0.0350. The van der Waals surface area contributed by atoms with Gasteiger partial charge in [0.1, 0.15) is 18.1 Å². The molecule has 3 aromatic carbocycles. The number of nitrogens with zero attached hydrogens (tertiary/aromatic N) is 1. The lowest BCUT2D eigenvalue weighted by Crippen LogP contribution is -2.33. The Kier molecular flexibility index (Phi) is 11.8. The number of carbonyl (C=O) groups is 1. The van der Waals surface area contributed by atoms with Crippen LogP contribution in [0.1, 0.15) is 49.1 Å². The SMILES string of the molecule is CCCCOCCOc1ccc(-c2ccc3c(c2)C=C(C(=O)Nc2ccc(C(O)c4cccc[n+]4[O-])c(OCC(F)(F)F)c2)CCN3)cc1. The number of amides is 1. The molecule has 0 bridgehead atoms. The highest BCUT2D eigenvalue weighted by atomic mass is 19.4. The van der Waals surface area contributed by atoms with Gasteiger partial charge in [0.05, 0.1) is 6.61 Å². The Hall–Kier alpha value is -5.07. The number of nitrogens with one attached hydrogen (secondary N) is 2. The van der Waals surface area contributed by atoms with E-state index in [0.717, 1.165) is 47.6 Å². The molecule has 0 saturated carbocycles. The highest BCUT2D eigenvalue weighted by Gasteiger charge is 2.30. The molecule has 3 N–H and O–H groups in total. The average Bonchev–Trinajstić information content (AvgIpc) is 3.31. The molecule has 4 aromatic rings. The Morgan fingerprint density at radius 1 is 1.00 bits per heavy atom. The predicted octanol–water partition coefficient (Wildman–Crippen LogP) is 7.04. The summed E-state index contributed by atoms with van der Waals surface area (Å²) in [4.78, 5) is 13.5. The van der Waals surface area contributed by atoms with Crippen LogP contribution in [0.2, 0.25) is 0 Å².